The number of nitrogens with zero attached hydrogens (tertiary/aromatic N) is 3. The lowest BCUT2D eigenvalue weighted by atomic mass is 9.95. The quantitative estimate of drug-likeness (QED) is 0.656. The van der Waals surface area contributed by atoms with Gasteiger partial charge in [-0.1, -0.05) is 30.3 Å². The van der Waals surface area contributed by atoms with Gasteiger partial charge < -0.3 is 14.9 Å². The molecule has 156 valence electrons. The summed E-state index contributed by atoms with van der Waals surface area (Å²) in [6.45, 7) is 3.38. The monoisotopic (exact) mass is 406 g/mol. The van der Waals surface area contributed by atoms with Gasteiger partial charge in [0.05, 0.1) is 5.52 Å². The zero-order chi connectivity index (χ0) is 21.1. The number of carboxylic acid groups (broad SMARTS) is 1. The highest BCUT2D eigenvalue weighted by Gasteiger charge is 2.25. The third-order valence-corrected chi connectivity index (χ3v) is 5.78. The average Bonchev–Trinajstić information content (AvgIpc) is 3.18. The molecule has 4 rings (SSSR count). The zero-order valence-corrected chi connectivity index (χ0v) is 17.0. The summed E-state index contributed by atoms with van der Waals surface area (Å²) >= 11 is 0. The van der Waals surface area contributed by atoms with Crippen molar-refractivity contribution in [3.05, 3.63) is 65.4 Å². The topological polar surface area (TPSA) is 89.5 Å². The van der Waals surface area contributed by atoms with Crippen molar-refractivity contribution in [2.75, 3.05) is 26.7 Å². The molecule has 1 aromatic heterocycles. The van der Waals surface area contributed by atoms with Crippen LogP contribution in [0.5, 0.6) is 0 Å². The van der Waals surface area contributed by atoms with Gasteiger partial charge in [0.2, 0.25) is 0 Å². The number of nitrogens with one attached hydrogen (secondary N) is 1. The lowest BCUT2D eigenvalue weighted by Crippen LogP contribution is -2.41. The van der Waals surface area contributed by atoms with E-state index in [4.69, 9.17) is 0 Å². The van der Waals surface area contributed by atoms with Crippen LogP contribution in [0, 0.1) is 5.92 Å². The number of carbonyl (C=O) groups excluding carboxylic acids is 1. The first-order valence-electron chi connectivity index (χ1n) is 10.2. The van der Waals surface area contributed by atoms with Gasteiger partial charge in [0.25, 0.3) is 5.91 Å². The van der Waals surface area contributed by atoms with E-state index in [1.165, 1.54) is 5.56 Å². The van der Waals surface area contributed by atoms with E-state index in [1.54, 1.807) is 18.2 Å². The van der Waals surface area contributed by atoms with E-state index in [9.17, 15) is 14.7 Å². The van der Waals surface area contributed by atoms with Gasteiger partial charge in [-0.2, -0.15) is 5.10 Å². The minimum atomic E-state index is -1.11. The van der Waals surface area contributed by atoms with Crippen LogP contribution in [0.1, 0.15) is 39.3 Å². The number of benzene rings is 2. The highest BCUT2D eigenvalue weighted by Crippen LogP contribution is 2.23. The Bertz CT molecular complexity index is 1040. The molecule has 1 aliphatic rings. The van der Waals surface area contributed by atoms with Crippen molar-refractivity contribution in [1.82, 2.24) is 20.0 Å². The molecule has 2 heterocycles. The fourth-order valence-corrected chi connectivity index (χ4v) is 4.21. The first kappa shape index (κ1) is 20.1. The normalized spacial score (nSPS) is 15.1. The van der Waals surface area contributed by atoms with Crippen molar-refractivity contribution in [2.24, 2.45) is 5.92 Å². The predicted molar refractivity (Wildman–Crippen MR) is 114 cm³/mol. The van der Waals surface area contributed by atoms with Gasteiger partial charge >= 0.3 is 5.97 Å². The van der Waals surface area contributed by atoms with Crippen LogP contribution in [0.3, 0.4) is 0 Å². The maximum absolute atomic E-state index is 13.0. The summed E-state index contributed by atoms with van der Waals surface area (Å²) in [4.78, 5) is 28.5. The molecule has 1 aliphatic heterocycles. The molecule has 0 bridgehead atoms. The zero-order valence-electron chi connectivity index (χ0n) is 17.0. The fraction of sp³-hybridized carbons (Fsp3) is 0.348. The van der Waals surface area contributed by atoms with E-state index in [1.807, 2.05) is 11.0 Å². The predicted octanol–water partition coefficient (Wildman–Crippen LogP) is 3.25. The molecule has 7 heteroatoms. The Kier molecular flexibility index (Phi) is 5.81. The molecule has 1 fully saturated rings. The fourth-order valence-electron chi connectivity index (χ4n) is 4.21. The Morgan fingerprint density at radius 3 is 2.60 bits per heavy atom. The molecule has 0 unspecified atom stereocenters. The average molecular weight is 406 g/mol. The van der Waals surface area contributed by atoms with Crippen molar-refractivity contribution in [3.8, 4) is 0 Å². The summed E-state index contributed by atoms with van der Waals surface area (Å²) in [5, 5.41) is 16.2. The van der Waals surface area contributed by atoms with Gasteiger partial charge in [-0.05, 0) is 49.6 Å². The van der Waals surface area contributed by atoms with E-state index in [0.29, 0.717) is 22.4 Å². The molecule has 2 N–H and O–H groups in total. The van der Waals surface area contributed by atoms with Crippen molar-refractivity contribution in [3.63, 3.8) is 0 Å². The first-order chi connectivity index (χ1) is 14.5. The van der Waals surface area contributed by atoms with Gasteiger partial charge in [0.15, 0.2) is 5.69 Å². The number of fused-ring (bicyclic) bond motifs is 1. The number of amides is 1. The third kappa shape index (κ3) is 4.36. The molecule has 1 amide bonds. The molecule has 0 spiro atoms. The van der Waals surface area contributed by atoms with Crippen molar-refractivity contribution in [1.29, 1.82) is 0 Å². The lowest BCUT2D eigenvalue weighted by Gasteiger charge is -2.34. The summed E-state index contributed by atoms with van der Waals surface area (Å²) in [6.07, 6.45) is 1.94. The summed E-state index contributed by atoms with van der Waals surface area (Å²) in [5.74, 6) is -0.588. The molecule has 7 nitrogen and oxygen atoms in total. The number of hydrogen-bond acceptors (Lipinski definition) is 4. The van der Waals surface area contributed by atoms with Gasteiger partial charge in [0.1, 0.15) is 0 Å². The Morgan fingerprint density at radius 1 is 1.17 bits per heavy atom. The first-order valence-corrected chi connectivity index (χ1v) is 10.2. The second kappa shape index (κ2) is 8.67. The summed E-state index contributed by atoms with van der Waals surface area (Å²) in [6, 6.07) is 15.5. The second-order valence-electron chi connectivity index (χ2n) is 8.06. The van der Waals surface area contributed by atoms with Gasteiger partial charge in [-0.15, -0.1) is 0 Å². The maximum Gasteiger partial charge on any atom is 0.357 e. The van der Waals surface area contributed by atoms with Crippen molar-refractivity contribution >= 4 is 22.8 Å². The SMILES string of the molecule is CN(Cc1ccccc1)CC1CCN(C(=O)c2ccc3[nH]nc(C(=O)O)c3c2)CC1. The van der Waals surface area contributed by atoms with Crippen LogP contribution < -0.4 is 0 Å². The van der Waals surface area contributed by atoms with Crippen LogP contribution in [0.15, 0.2) is 48.5 Å². The van der Waals surface area contributed by atoms with Gasteiger partial charge in [-0.3, -0.25) is 9.89 Å². The summed E-state index contributed by atoms with van der Waals surface area (Å²) in [7, 11) is 2.14. The van der Waals surface area contributed by atoms with E-state index in [2.05, 4.69) is 46.4 Å². The smallest absolute Gasteiger partial charge is 0.357 e. The van der Waals surface area contributed by atoms with Gasteiger partial charge in [0, 0.05) is 37.1 Å². The highest BCUT2D eigenvalue weighted by atomic mass is 16.4. The maximum atomic E-state index is 13.0. The van der Waals surface area contributed by atoms with Crippen LogP contribution in [0.4, 0.5) is 0 Å². The van der Waals surface area contributed by atoms with E-state index in [-0.39, 0.29) is 11.6 Å². The molecule has 0 saturated carbocycles. The summed E-state index contributed by atoms with van der Waals surface area (Å²) < 4.78 is 0. The number of rotatable bonds is 6. The van der Waals surface area contributed by atoms with Crippen LogP contribution in [0.2, 0.25) is 0 Å². The number of aromatic nitrogens is 2. The number of likely N-dealkylation sites (tertiary alicyclic amines) is 1. The van der Waals surface area contributed by atoms with E-state index in [0.717, 1.165) is 39.0 Å². The number of carbonyl (C=O) groups is 2. The standard InChI is InChI=1S/C23H26N4O3/c1-26(14-16-5-3-2-4-6-16)15-17-9-11-27(12-10-17)22(28)18-7-8-20-19(13-18)21(23(29)30)25-24-20/h2-8,13,17H,9-12,14-15H2,1H3,(H,24,25)(H,29,30). The summed E-state index contributed by atoms with van der Waals surface area (Å²) in [5.41, 5.74) is 2.37. The molecule has 3 aromatic rings. The van der Waals surface area contributed by atoms with Crippen LogP contribution >= 0.6 is 0 Å². The number of aromatic amines is 1. The Morgan fingerprint density at radius 2 is 1.90 bits per heavy atom. The Balaban J connectivity index is 1.34. The molecule has 0 radical (unpaired) electrons. The molecule has 1 saturated heterocycles. The highest BCUT2D eigenvalue weighted by molar-refractivity contribution is 6.04. The Hall–Kier alpha value is -3.19. The molecule has 30 heavy (non-hydrogen) atoms. The molecular formula is C23H26N4O3. The third-order valence-electron chi connectivity index (χ3n) is 5.78. The molecule has 0 aliphatic carbocycles. The van der Waals surface area contributed by atoms with E-state index >= 15 is 0 Å². The van der Waals surface area contributed by atoms with Gasteiger partial charge in [-0.25, -0.2) is 4.79 Å². The largest absolute Gasteiger partial charge is 0.476 e. The van der Waals surface area contributed by atoms with Crippen LogP contribution in [0.25, 0.3) is 10.9 Å². The number of aromatic carboxylic acids is 1. The van der Waals surface area contributed by atoms with Crippen LogP contribution in [-0.4, -0.2) is 63.7 Å². The number of piperidine rings is 1. The second-order valence-corrected chi connectivity index (χ2v) is 8.06. The number of hydrogen-bond donors (Lipinski definition) is 2. The minimum Gasteiger partial charge on any atom is -0.476 e. The number of H-pyrrole nitrogens is 1. The van der Waals surface area contributed by atoms with Crippen molar-refractivity contribution < 1.29 is 14.7 Å². The lowest BCUT2D eigenvalue weighted by molar-refractivity contribution is 0.0667. The minimum absolute atomic E-state index is 0.0504. The molecule has 2 aromatic carbocycles. The van der Waals surface area contributed by atoms with Crippen molar-refractivity contribution in [2.45, 2.75) is 19.4 Å². The Labute approximate surface area is 175 Å². The molecular weight excluding hydrogens is 380 g/mol. The number of carboxylic acids is 1. The molecule has 0 atom stereocenters. The van der Waals surface area contributed by atoms with E-state index < -0.39 is 5.97 Å². The van der Waals surface area contributed by atoms with Crippen LogP contribution in [-0.2, 0) is 6.54 Å².